The van der Waals surface area contributed by atoms with E-state index in [1.54, 1.807) is 30.9 Å². The molecule has 1 amide bonds. The number of nitrogens with zero attached hydrogens (tertiary/aromatic N) is 1. The lowest BCUT2D eigenvalue weighted by Crippen LogP contribution is -2.56. The van der Waals surface area contributed by atoms with E-state index in [1.165, 1.54) is 12.1 Å². The Morgan fingerprint density at radius 1 is 1.35 bits per heavy atom. The van der Waals surface area contributed by atoms with Crippen LogP contribution in [0.1, 0.15) is 32.4 Å². The number of carbonyl (C=O) groups is 1. The Kier molecular flexibility index (Phi) is 4.11. The number of hydrogen-bond acceptors (Lipinski definition) is 3. The van der Waals surface area contributed by atoms with Crippen molar-refractivity contribution in [3.05, 3.63) is 35.6 Å². The summed E-state index contributed by atoms with van der Waals surface area (Å²) in [6, 6.07) is 6.18. The summed E-state index contributed by atoms with van der Waals surface area (Å²) in [4.78, 5) is 14.0. The number of benzene rings is 1. The summed E-state index contributed by atoms with van der Waals surface area (Å²) >= 11 is 0. The number of ether oxygens (including phenoxy) is 1. The minimum atomic E-state index is -0.898. The number of rotatable bonds is 2. The van der Waals surface area contributed by atoms with Gasteiger partial charge in [-0.3, -0.25) is 4.79 Å². The van der Waals surface area contributed by atoms with Gasteiger partial charge in [0.15, 0.2) is 0 Å². The van der Waals surface area contributed by atoms with Crippen molar-refractivity contribution >= 4 is 5.91 Å². The Balaban J connectivity index is 2.16. The number of halogens is 1. The molecule has 1 aromatic rings. The van der Waals surface area contributed by atoms with E-state index >= 15 is 0 Å². The van der Waals surface area contributed by atoms with Crippen molar-refractivity contribution in [2.24, 2.45) is 5.73 Å². The van der Waals surface area contributed by atoms with Crippen molar-refractivity contribution in [1.82, 2.24) is 4.90 Å². The van der Waals surface area contributed by atoms with E-state index in [0.29, 0.717) is 13.1 Å². The summed E-state index contributed by atoms with van der Waals surface area (Å²) < 4.78 is 18.8. The van der Waals surface area contributed by atoms with Crippen molar-refractivity contribution in [3.8, 4) is 0 Å². The van der Waals surface area contributed by atoms with Gasteiger partial charge in [-0.1, -0.05) is 12.1 Å². The van der Waals surface area contributed by atoms with Gasteiger partial charge in [-0.25, -0.2) is 4.39 Å². The van der Waals surface area contributed by atoms with Crippen LogP contribution in [0.15, 0.2) is 24.3 Å². The number of morpholine rings is 1. The zero-order valence-corrected chi connectivity index (χ0v) is 12.1. The van der Waals surface area contributed by atoms with Crippen LogP contribution in [0.25, 0.3) is 0 Å². The lowest BCUT2D eigenvalue weighted by atomic mass is 10.0. The molecule has 0 radical (unpaired) electrons. The first kappa shape index (κ1) is 14.9. The van der Waals surface area contributed by atoms with Gasteiger partial charge in [0, 0.05) is 6.54 Å². The Bertz CT molecular complexity index is 482. The Morgan fingerprint density at radius 3 is 2.50 bits per heavy atom. The smallest absolute Gasteiger partial charge is 0.242 e. The molecule has 0 saturated carbocycles. The average molecular weight is 280 g/mol. The van der Waals surface area contributed by atoms with Crippen molar-refractivity contribution < 1.29 is 13.9 Å². The molecule has 2 unspecified atom stereocenters. The van der Waals surface area contributed by atoms with Gasteiger partial charge in [-0.15, -0.1) is 0 Å². The summed E-state index contributed by atoms with van der Waals surface area (Å²) in [5, 5.41) is 0. The van der Waals surface area contributed by atoms with Crippen LogP contribution < -0.4 is 5.73 Å². The number of carbonyl (C=O) groups excluding carboxylic acids is 1. The predicted molar refractivity (Wildman–Crippen MR) is 74.5 cm³/mol. The van der Waals surface area contributed by atoms with Crippen molar-refractivity contribution in [2.75, 3.05) is 13.1 Å². The topological polar surface area (TPSA) is 55.6 Å². The molecule has 2 rings (SSSR count). The van der Waals surface area contributed by atoms with Crippen LogP contribution in [0.4, 0.5) is 4.39 Å². The molecule has 0 aliphatic carbocycles. The van der Waals surface area contributed by atoms with Gasteiger partial charge >= 0.3 is 0 Å². The molecular formula is C15H21FN2O2. The average Bonchev–Trinajstić information content (AvgIpc) is 2.37. The third kappa shape index (κ3) is 3.35. The first-order valence-electron chi connectivity index (χ1n) is 6.76. The SMILES string of the molecule is CC1CN(C(=O)C(C)(C)N)CC(c2ccc(F)cc2)O1. The maximum Gasteiger partial charge on any atom is 0.242 e. The third-order valence-electron chi connectivity index (χ3n) is 3.34. The Labute approximate surface area is 118 Å². The highest BCUT2D eigenvalue weighted by Gasteiger charge is 2.34. The second kappa shape index (κ2) is 5.50. The fourth-order valence-corrected chi connectivity index (χ4v) is 2.39. The van der Waals surface area contributed by atoms with E-state index in [0.717, 1.165) is 5.56 Å². The molecule has 0 spiro atoms. The molecule has 4 nitrogen and oxygen atoms in total. The van der Waals surface area contributed by atoms with Gasteiger partial charge in [-0.2, -0.15) is 0 Å². The fourth-order valence-electron chi connectivity index (χ4n) is 2.39. The van der Waals surface area contributed by atoms with Crippen LogP contribution in [0.3, 0.4) is 0 Å². The molecule has 1 aromatic carbocycles. The zero-order chi connectivity index (χ0) is 14.9. The highest BCUT2D eigenvalue weighted by atomic mass is 19.1. The summed E-state index contributed by atoms with van der Waals surface area (Å²) in [5.41, 5.74) is 5.85. The van der Waals surface area contributed by atoms with E-state index in [2.05, 4.69) is 0 Å². The molecule has 2 atom stereocenters. The number of amides is 1. The van der Waals surface area contributed by atoms with Crippen molar-refractivity contribution in [2.45, 2.75) is 38.5 Å². The lowest BCUT2D eigenvalue weighted by Gasteiger charge is -2.39. The quantitative estimate of drug-likeness (QED) is 0.899. The molecule has 0 aromatic heterocycles. The largest absolute Gasteiger partial charge is 0.367 e. The van der Waals surface area contributed by atoms with E-state index in [4.69, 9.17) is 10.5 Å². The second-order valence-electron chi connectivity index (χ2n) is 5.92. The molecule has 0 bridgehead atoms. The van der Waals surface area contributed by atoms with Crippen LogP contribution in [0.2, 0.25) is 0 Å². The molecule has 20 heavy (non-hydrogen) atoms. The van der Waals surface area contributed by atoms with Crippen LogP contribution in [-0.4, -0.2) is 35.5 Å². The molecular weight excluding hydrogens is 259 g/mol. The minimum Gasteiger partial charge on any atom is -0.367 e. The molecule has 1 fully saturated rings. The molecule has 5 heteroatoms. The highest BCUT2D eigenvalue weighted by molar-refractivity contribution is 5.85. The normalized spacial score (nSPS) is 23.8. The predicted octanol–water partition coefficient (Wildman–Crippen LogP) is 1.85. The van der Waals surface area contributed by atoms with E-state index in [9.17, 15) is 9.18 Å². The second-order valence-corrected chi connectivity index (χ2v) is 5.92. The zero-order valence-electron chi connectivity index (χ0n) is 12.1. The van der Waals surface area contributed by atoms with Gasteiger partial charge in [0.05, 0.1) is 18.2 Å². The van der Waals surface area contributed by atoms with Gasteiger partial charge < -0.3 is 15.4 Å². The lowest BCUT2D eigenvalue weighted by molar-refractivity contribution is -0.149. The monoisotopic (exact) mass is 280 g/mol. The maximum atomic E-state index is 13.0. The first-order valence-corrected chi connectivity index (χ1v) is 6.76. The van der Waals surface area contributed by atoms with Crippen molar-refractivity contribution in [3.63, 3.8) is 0 Å². The van der Waals surface area contributed by atoms with Gasteiger partial charge in [-0.05, 0) is 38.5 Å². The van der Waals surface area contributed by atoms with E-state index in [1.807, 2.05) is 6.92 Å². The van der Waals surface area contributed by atoms with Crippen LogP contribution in [0, 0.1) is 5.82 Å². The molecule has 1 aliphatic rings. The minimum absolute atomic E-state index is 0.0786. The van der Waals surface area contributed by atoms with Crippen LogP contribution in [0.5, 0.6) is 0 Å². The molecule has 1 aliphatic heterocycles. The molecule has 1 heterocycles. The third-order valence-corrected chi connectivity index (χ3v) is 3.34. The number of hydrogen-bond donors (Lipinski definition) is 1. The fraction of sp³-hybridized carbons (Fsp3) is 0.533. The number of nitrogens with two attached hydrogens (primary N) is 1. The molecule has 110 valence electrons. The van der Waals surface area contributed by atoms with Crippen LogP contribution in [-0.2, 0) is 9.53 Å². The van der Waals surface area contributed by atoms with E-state index in [-0.39, 0.29) is 23.9 Å². The van der Waals surface area contributed by atoms with Gasteiger partial charge in [0.1, 0.15) is 11.9 Å². The summed E-state index contributed by atoms with van der Waals surface area (Å²) in [6.45, 7) is 6.27. The first-order chi connectivity index (χ1) is 9.27. The summed E-state index contributed by atoms with van der Waals surface area (Å²) in [6.07, 6.45) is -0.323. The molecule has 1 saturated heterocycles. The summed E-state index contributed by atoms with van der Waals surface area (Å²) in [5.74, 6) is -0.381. The Morgan fingerprint density at radius 2 is 1.95 bits per heavy atom. The van der Waals surface area contributed by atoms with Gasteiger partial charge in [0.25, 0.3) is 0 Å². The standard InChI is InChI=1S/C15H21FN2O2/c1-10-8-18(14(19)15(2,3)17)9-13(20-10)11-4-6-12(16)7-5-11/h4-7,10,13H,8-9,17H2,1-3H3. The van der Waals surface area contributed by atoms with E-state index < -0.39 is 5.54 Å². The Hall–Kier alpha value is -1.46. The molecule has 2 N–H and O–H groups in total. The van der Waals surface area contributed by atoms with Gasteiger partial charge in [0.2, 0.25) is 5.91 Å². The maximum absolute atomic E-state index is 13.0. The highest BCUT2D eigenvalue weighted by Crippen LogP contribution is 2.26. The summed E-state index contributed by atoms with van der Waals surface area (Å²) in [7, 11) is 0. The van der Waals surface area contributed by atoms with Crippen LogP contribution >= 0.6 is 0 Å². The van der Waals surface area contributed by atoms with Crippen molar-refractivity contribution in [1.29, 1.82) is 0 Å².